The van der Waals surface area contributed by atoms with E-state index in [-0.39, 0.29) is 13.1 Å². The van der Waals surface area contributed by atoms with Gasteiger partial charge >= 0.3 is 0 Å². The molecule has 2 atom stereocenters. The SMILES string of the molecule is CCCCCCCCC=CCCCCCCCCN(CC(O)CN)CC(O)CN. The highest BCUT2D eigenvalue weighted by molar-refractivity contribution is 4.81. The maximum atomic E-state index is 9.76. The van der Waals surface area contributed by atoms with E-state index in [1.165, 1.54) is 83.5 Å². The number of aliphatic hydroxyl groups is 2. The van der Waals surface area contributed by atoms with Crippen molar-refractivity contribution in [2.75, 3.05) is 32.7 Å². The van der Waals surface area contributed by atoms with Crippen molar-refractivity contribution in [2.24, 2.45) is 11.5 Å². The molecule has 0 aromatic heterocycles. The topological polar surface area (TPSA) is 95.7 Å². The molecule has 0 saturated heterocycles. The van der Waals surface area contributed by atoms with Gasteiger partial charge in [-0.3, -0.25) is 4.90 Å². The van der Waals surface area contributed by atoms with Crippen LogP contribution in [0.5, 0.6) is 0 Å². The average molecular weight is 414 g/mol. The molecule has 0 aliphatic heterocycles. The van der Waals surface area contributed by atoms with Crippen LogP contribution in [0, 0.1) is 0 Å². The molecule has 0 aliphatic carbocycles. The zero-order chi connectivity index (χ0) is 21.6. The number of aliphatic hydroxyl groups excluding tert-OH is 2. The Labute approximate surface area is 180 Å². The van der Waals surface area contributed by atoms with Crippen LogP contribution in [0.15, 0.2) is 12.2 Å². The summed E-state index contributed by atoms with van der Waals surface area (Å²) in [6.07, 6.45) is 21.9. The summed E-state index contributed by atoms with van der Waals surface area (Å²) in [6.45, 7) is 4.68. The van der Waals surface area contributed by atoms with Crippen molar-refractivity contribution in [2.45, 2.75) is 109 Å². The smallest absolute Gasteiger partial charge is 0.0789 e. The minimum atomic E-state index is -0.533. The van der Waals surface area contributed by atoms with Crippen LogP contribution in [0.1, 0.15) is 96.8 Å². The Morgan fingerprint density at radius 1 is 0.655 bits per heavy atom. The molecule has 0 aromatic carbocycles. The van der Waals surface area contributed by atoms with Crippen molar-refractivity contribution in [3.63, 3.8) is 0 Å². The van der Waals surface area contributed by atoms with Crippen molar-refractivity contribution in [1.29, 1.82) is 0 Å². The van der Waals surface area contributed by atoms with E-state index in [2.05, 4.69) is 24.0 Å². The van der Waals surface area contributed by atoms with Gasteiger partial charge in [-0.1, -0.05) is 76.9 Å². The molecule has 0 bridgehead atoms. The van der Waals surface area contributed by atoms with E-state index in [4.69, 9.17) is 11.5 Å². The fourth-order valence-electron chi connectivity index (χ4n) is 3.59. The lowest BCUT2D eigenvalue weighted by Crippen LogP contribution is -2.42. The van der Waals surface area contributed by atoms with Gasteiger partial charge in [-0.15, -0.1) is 0 Å². The molecule has 5 heteroatoms. The summed E-state index contributed by atoms with van der Waals surface area (Å²) in [6, 6.07) is 0. The van der Waals surface area contributed by atoms with Crippen molar-refractivity contribution in [3.8, 4) is 0 Å². The zero-order valence-corrected chi connectivity index (χ0v) is 19.2. The summed E-state index contributed by atoms with van der Waals surface area (Å²) in [5.41, 5.74) is 11.0. The predicted molar refractivity (Wildman–Crippen MR) is 126 cm³/mol. The molecule has 0 saturated carbocycles. The Kier molecular flexibility index (Phi) is 21.9. The van der Waals surface area contributed by atoms with Crippen molar-refractivity contribution < 1.29 is 10.2 Å². The van der Waals surface area contributed by atoms with Gasteiger partial charge in [-0.2, -0.15) is 0 Å². The van der Waals surface area contributed by atoms with Gasteiger partial charge in [0.25, 0.3) is 0 Å². The fraction of sp³-hybridized carbons (Fsp3) is 0.917. The van der Waals surface area contributed by atoms with Crippen LogP contribution in [0.2, 0.25) is 0 Å². The van der Waals surface area contributed by atoms with Crippen LogP contribution in [-0.2, 0) is 0 Å². The highest BCUT2D eigenvalue weighted by Gasteiger charge is 2.13. The Bertz CT molecular complexity index is 341. The Morgan fingerprint density at radius 3 is 1.52 bits per heavy atom. The highest BCUT2D eigenvalue weighted by Crippen LogP contribution is 2.10. The van der Waals surface area contributed by atoms with E-state index in [0.29, 0.717) is 13.1 Å². The second kappa shape index (κ2) is 22.2. The van der Waals surface area contributed by atoms with Crippen LogP contribution in [0.3, 0.4) is 0 Å². The third-order valence-corrected chi connectivity index (χ3v) is 5.47. The monoisotopic (exact) mass is 413 g/mol. The molecule has 2 unspecified atom stereocenters. The van der Waals surface area contributed by atoms with Gasteiger partial charge in [0, 0.05) is 26.2 Å². The first kappa shape index (κ1) is 28.5. The van der Waals surface area contributed by atoms with E-state index in [0.717, 1.165) is 13.0 Å². The molecule has 5 nitrogen and oxygen atoms in total. The largest absolute Gasteiger partial charge is 0.390 e. The molecule has 0 aromatic rings. The number of nitrogens with zero attached hydrogens (tertiary/aromatic N) is 1. The maximum Gasteiger partial charge on any atom is 0.0789 e. The first-order valence-electron chi connectivity index (χ1n) is 12.3. The van der Waals surface area contributed by atoms with E-state index in [1.54, 1.807) is 0 Å². The number of nitrogens with two attached hydrogens (primary N) is 2. The van der Waals surface area contributed by atoms with Crippen LogP contribution < -0.4 is 11.5 Å². The normalized spacial score (nSPS) is 14.1. The predicted octanol–water partition coefficient (Wildman–Crippen LogP) is 3.97. The maximum absolute atomic E-state index is 9.76. The van der Waals surface area contributed by atoms with Gasteiger partial charge in [0.1, 0.15) is 0 Å². The summed E-state index contributed by atoms with van der Waals surface area (Å²) >= 11 is 0. The number of hydrogen-bond donors (Lipinski definition) is 4. The quantitative estimate of drug-likeness (QED) is 0.159. The minimum Gasteiger partial charge on any atom is -0.390 e. The molecule has 0 radical (unpaired) electrons. The summed E-state index contributed by atoms with van der Waals surface area (Å²) in [7, 11) is 0. The van der Waals surface area contributed by atoms with Gasteiger partial charge in [-0.05, 0) is 38.6 Å². The first-order valence-corrected chi connectivity index (χ1v) is 12.3. The summed E-state index contributed by atoms with van der Waals surface area (Å²) in [5, 5.41) is 19.5. The molecule has 0 heterocycles. The molecule has 0 spiro atoms. The Balaban J connectivity index is 3.54. The molecular formula is C24H51N3O2. The van der Waals surface area contributed by atoms with E-state index < -0.39 is 12.2 Å². The third kappa shape index (κ3) is 20.6. The van der Waals surface area contributed by atoms with Crippen LogP contribution >= 0.6 is 0 Å². The Morgan fingerprint density at radius 2 is 1.07 bits per heavy atom. The Hall–Kier alpha value is -0.460. The van der Waals surface area contributed by atoms with Crippen LogP contribution in [0.25, 0.3) is 0 Å². The number of hydrogen-bond acceptors (Lipinski definition) is 5. The van der Waals surface area contributed by atoms with E-state index in [9.17, 15) is 10.2 Å². The average Bonchev–Trinajstić information content (AvgIpc) is 2.72. The van der Waals surface area contributed by atoms with Crippen molar-refractivity contribution in [3.05, 3.63) is 12.2 Å². The minimum absolute atomic E-state index is 0.253. The highest BCUT2D eigenvalue weighted by atomic mass is 16.3. The van der Waals surface area contributed by atoms with E-state index >= 15 is 0 Å². The molecule has 0 rings (SSSR count). The van der Waals surface area contributed by atoms with Gasteiger partial charge in [-0.25, -0.2) is 0 Å². The van der Waals surface area contributed by atoms with Crippen molar-refractivity contribution >= 4 is 0 Å². The third-order valence-electron chi connectivity index (χ3n) is 5.47. The first-order chi connectivity index (χ1) is 14.1. The van der Waals surface area contributed by atoms with Crippen molar-refractivity contribution in [1.82, 2.24) is 4.90 Å². The van der Waals surface area contributed by atoms with Gasteiger partial charge in [0.15, 0.2) is 0 Å². The lowest BCUT2D eigenvalue weighted by Gasteiger charge is -2.26. The molecule has 0 fully saturated rings. The van der Waals surface area contributed by atoms with Crippen LogP contribution in [-0.4, -0.2) is 60.0 Å². The number of rotatable bonds is 22. The molecule has 174 valence electrons. The van der Waals surface area contributed by atoms with E-state index in [1.807, 2.05) is 0 Å². The fourth-order valence-corrected chi connectivity index (χ4v) is 3.59. The summed E-state index contributed by atoms with van der Waals surface area (Å²) in [4.78, 5) is 2.09. The van der Waals surface area contributed by atoms with Gasteiger partial charge in [0.05, 0.1) is 12.2 Å². The molecule has 0 amide bonds. The lowest BCUT2D eigenvalue weighted by molar-refractivity contribution is 0.0746. The number of allylic oxidation sites excluding steroid dienone is 2. The summed E-state index contributed by atoms with van der Waals surface area (Å²) < 4.78 is 0. The van der Waals surface area contributed by atoms with Gasteiger partial charge in [0.2, 0.25) is 0 Å². The second-order valence-corrected chi connectivity index (χ2v) is 8.48. The lowest BCUT2D eigenvalue weighted by atomic mass is 10.1. The molecule has 6 N–H and O–H groups in total. The second-order valence-electron chi connectivity index (χ2n) is 8.48. The standard InChI is InChI=1S/C24H51N3O2/c1-2-3-4-5-6-7-8-9-10-11-12-13-14-15-16-17-18-27(21-23(28)19-25)22-24(29)20-26/h9-10,23-24,28-29H,2-8,11-22,25-26H2,1H3. The number of unbranched alkanes of at least 4 members (excludes halogenated alkanes) is 12. The van der Waals surface area contributed by atoms with Gasteiger partial charge < -0.3 is 21.7 Å². The zero-order valence-electron chi connectivity index (χ0n) is 19.2. The summed E-state index contributed by atoms with van der Waals surface area (Å²) in [5.74, 6) is 0. The molecular weight excluding hydrogens is 362 g/mol. The van der Waals surface area contributed by atoms with Crippen LogP contribution in [0.4, 0.5) is 0 Å². The molecule has 0 aliphatic rings. The molecule has 29 heavy (non-hydrogen) atoms.